The molecule has 0 aliphatic carbocycles. The second-order valence-corrected chi connectivity index (χ2v) is 14.8. The third-order valence-electron chi connectivity index (χ3n) is 5.64. The lowest BCUT2D eigenvalue weighted by atomic mass is 9.93. The molecule has 2 unspecified atom stereocenters. The van der Waals surface area contributed by atoms with Gasteiger partial charge in [-0.3, -0.25) is 4.90 Å². The molecule has 2 aromatic carbocycles. The van der Waals surface area contributed by atoms with E-state index in [1.807, 2.05) is 24.3 Å². The highest BCUT2D eigenvalue weighted by molar-refractivity contribution is 6.76. The van der Waals surface area contributed by atoms with Gasteiger partial charge < -0.3 is 10.0 Å². The molecule has 2 atom stereocenters. The van der Waals surface area contributed by atoms with Crippen LogP contribution in [0.15, 0.2) is 54.6 Å². The zero-order valence-electron chi connectivity index (χ0n) is 17.5. The van der Waals surface area contributed by atoms with E-state index in [1.165, 1.54) is 11.6 Å². The summed E-state index contributed by atoms with van der Waals surface area (Å²) in [7, 11) is -1.38. The molecule has 0 bridgehead atoms. The maximum atomic E-state index is 13.9. The number of likely N-dealkylation sites (tertiary alicyclic amines) is 1. The molecule has 29 heavy (non-hydrogen) atoms. The van der Waals surface area contributed by atoms with Crippen LogP contribution in [-0.2, 0) is 6.54 Å². The first-order chi connectivity index (χ1) is 13.7. The molecule has 2 aromatic rings. The van der Waals surface area contributed by atoms with Crippen molar-refractivity contribution in [2.45, 2.75) is 44.2 Å². The van der Waals surface area contributed by atoms with Crippen molar-refractivity contribution in [1.29, 1.82) is 0 Å². The van der Waals surface area contributed by atoms with Gasteiger partial charge in [0.2, 0.25) is 0 Å². The van der Waals surface area contributed by atoms with Gasteiger partial charge in [0.15, 0.2) is 0 Å². The summed E-state index contributed by atoms with van der Waals surface area (Å²) < 4.78 is 13.9. The smallest absolute Gasteiger partial charge is 0.407 e. The van der Waals surface area contributed by atoms with Crippen molar-refractivity contribution in [3.05, 3.63) is 71.5 Å². The van der Waals surface area contributed by atoms with E-state index < -0.39 is 14.2 Å². The van der Waals surface area contributed by atoms with Crippen LogP contribution in [0.5, 0.6) is 0 Å². The molecule has 6 heteroatoms. The Balaban J connectivity index is 1.85. The van der Waals surface area contributed by atoms with Crippen molar-refractivity contribution in [1.82, 2.24) is 9.80 Å². The van der Waals surface area contributed by atoms with Gasteiger partial charge in [0, 0.05) is 40.2 Å². The van der Waals surface area contributed by atoms with E-state index >= 15 is 0 Å². The van der Waals surface area contributed by atoms with Crippen LogP contribution in [0.4, 0.5) is 9.18 Å². The Morgan fingerprint density at radius 2 is 1.86 bits per heavy atom. The van der Waals surface area contributed by atoms with E-state index in [2.05, 4.69) is 36.7 Å². The number of nitrogens with zero attached hydrogens (tertiary/aromatic N) is 2. The standard InChI is InChI=1S/C23H31FN2O2Si/c1-29(2,3)13-12-26(23(27)28)22-17-25(15-18-8-5-4-6-9-18)16-21(22)19-10-7-11-20(24)14-19/h4-11,14,21-22H,12-13,15-17H2,1-3H3,(H,27,28). The Morgan fingerprint density at radius 3 is 2.48 bits per heavy atom. The Labute approximate surface area is 174 Å². The summed E-state index contributed by atoms with van der Waals surface area (Å²) in [5.74, 6) is -0.307. The van der Waals surface area contributed by atoms with E-state index in [0.717, 1.165) is 24.7 Å². The quantitative estimate of drug-likeness (QED) is 0.640. The lowest BCUT2D eigenvalue weighted by molar-refractivity contribution is 0.124. The molecule has 4 nitrogen and oxygen atoms in total. The summed E-state index contributed by atoms with van der Waals surface area (Å²) in [5.41, 5.74) is 2.08. The molecule has 0 radical (unpaired) electrons. The fourth-order valence-corrected chi connectivity index (χ4v) is 4.99. The molecule has 1 saturated heterocycles. The van der Waals surface area contributed by atoms with Crippen molar-refractivity contribution in [3.8, 4) is 0 Å². The molecule has 1 aliphatic heterocycles. The average Bonchev–Trinajstić information content (AvgIpc) is 3.05. The monoisotopic (exact) mass is 414 g/mol. The SMILES string of the molecule is C[Si](C)(C)CCN(C(=O)O)C1CN(Cc2ccccc2)CC1c1cccc(F)c1. The topological polar surface area (TPSA) is 43.8 Å². The van der Waals surface area contributed by atoms with Crippen LogP contribution in [0.25, 0.3) is 0 Å². The predicted molar refractivity (Wildman–Crippen MR) is 118 cm³/mol. The molecule has 1 amide bonds. The van der Waals surface area contributed by atoms with Gasteiger partial charge in [-0.15, -0.1) is 0 Å². The minimum absolute atomic E-state index is 0.0350. The van der Waals surface area contributed by atoms with E-state index in [-0.39, 0.29) is 17.8 Å². The van der Waals surface area contributed by atoms with E-state index in [1.54, 1.807) is 17.0 Å². The van der Waals surface area contributed by atoms with Crippen LogP contribution >= 0.6 is 0 Å². The number of benzene rings is 2. The molecule has 1 N–H and O–H groups in total. The Morgan fingerprint density at radius 1 is 1.14 bits per heavy atom. The second kappa shape index (κ2) is 9.09. The number of amides is 1. The minimum atomic E-state index is -1.38. The normalized spacial score (nSPS) is 20.0. The zero-order chi connectivity index (χ0) is 21.0. The first kappa shape index (κ1) is 21.5. The van der Waals surface area contributed by atoms with Crippen molar-refractivity contribution >= 4 is 14.2 Å². The van der Waals surface area contributed by atoms with Crippen LogP contribution in [0, 0.1) is 5.82 Å². The maximum Gasteiger partial charge on any atom is 0.407 e. The number of halogens is 1. The number of hydrogen-bond acceptors (Lipinski definition) is 2. The summed E-state index contributed by atoms with van der Waals surface area (Å²) in [6.45, 7) is 9.47. The highest BCUT2D eigenvalue weighted by Gasteiger charge is 2.40. The molecule has 1 heterocycles. The first-order valence-corrected chi connectivity index (χ1v) is 13.9. The summed E-state index contributed by atoms with van der Waals surface area (Å²) in [4.78, 5) is 16.1. The summed E-state index contributed by atoms with van der Waals surface area (Å²) >= 11 is 0. The average molecular weight is 415 g/mol. The first-order valence-electron chi connectivity index (χ1n) is 10.2. The largest absolute Gasteiger partial charge is 0.465 e. The van der Waals surface area contributed by atoms with Gasteiger partial charge in [0.1, 0.15) is 5.82 Å². The Bertz CT molecular complexity index is 825. The fourth-order valence-electron chi connectivity index (χ4n) is 4.08. The van der Waals surface area contributed by atoms with Gasteiger partial charge in [-0.1, -0.05) is 62.1 Å². The Hall–Kier alpha value is -2.18. The zero-order valence-corrected chi connectivity index (χ0v) is 18.5. The van der Waals surface area contributed by atoms with Gasteiger partial charge in [0.25, 0.3) is 0 Å². The third-order valence-corrected chi connectivity index (χ3v) is 7.36. The fraction of sp³-hybridized carbons (Fsp3) is 0.435. The lowest BCUT2D eigenvalue weighted by Crippen LogP contribution is -2.45. The molecular formula is C23H31FN2O2Si. The minimum Gasteiger partial charge on any atom is -0.465 e. The van der Waals surface area contributed by atoms with Gasteiger partial charge in [-0.25, -0.2) is 9.18 Å². The van der Waals surface area contributed by atoms with Crippen molar-refractivity contribution < 1.29 is 14.3 Å². The highest BCUT2D eigenvalue weighted by Crippen LogP contribution is 2.33. The maximum absolute atomic E-state index is 13.9. The highest BCUT2D eigenvalue weighted by atomic mass is 28.3. The van der Waals surface area contributed by atoms with Gasteiger partial charge >= 0.3 is 6.09 Å². The van der Waals surface area contributed by atoms with Crippen LogP contribution in [0.1, 0.15) is 17.0 Å². The predicted octanol–water partition coefficient (Wildman–Crippen LogP) is 5.11. The molecule has 1 aliphatic rings. The molecule has 3 rings (SSSR count). The van der Waals surface area contributed by atoms with Crippen molar-refractivity contribution in [2.24, 2.45) is 0 Å². The summed E-state index contributed by atoms with van der Waals surface area (Å²) in [6, 6.07) is 17.6. The molecule has 0 spiro atoms. The summed E-state index contributed by atoms with van der Waals surface area (Å²) in [6.07, 6.45) is -0.879. The van der Waals surface area contributed by atoms with E-state index in [0.29, 0.717) is 13.1 Å². The van der Waals surface area contributed by atoms with Gasteiger partial charge in [0.05, 0.1) is 6.04 Å². The molecule has 0 aromatic heterocycles. The molecule has 1 fully saturated rings. The Kier molecular flexibility index (Phi) is 6.75. The summed E-state index contributed by atoms with van der Waals surface area (Å²) in [5, 5.41) is 9.97. The van der Waals surface area contributed by atoms with Gasteiger partial charge in [-0.05, 0) is 29.3 Å². The molecular weight excluding hydrogens is 383 g/mol. The second-order valence-electron chi connectivity index (χ2n) is 9.20. The van der Waals surface area contributed by atoms with Crippen LogP contribution < -0.4 is 0 Å². The molecule has 0 saturated carbocycles. The van der Waals surface area contributed by atoms with Gasteiger partial charge in [-0.2, -0.15) is 0 Å². The lowest BCUT2D eigenvalue weighted by Gasteiger charge is -2.32. The third kappa shape index (κ3) is 5.90. The van der Waals surface area contributed by atoms with Crippen LogP contribution in [0.3, 0.4) is 0 Å². The number of carbonyl (C=O) groups is 1. The van der Waals surface area contributed by atoms with E-state index in [9.17, 15) is 14.3 Å². The molecule has 156 valence electrons. The van der Waals surface area contributed by atoms with Crippen LogP contribution in [-0.4, -0.2) is 54.7 Å². The van der Waals surface area contributed by atoms with Crippen molar-refractivity contribution in [2.75, 3.05) is 19.6 Å². The van der Waals surface area contributed by atoms with Crippen molar-refractivity contribution in [3.63, 3.8) is 0 Å². The number of carboxylic acid groups (broad SMARTS) is 1. The number of rotatable bonds is 7. The van der Waals surface area contributed by atoms with Crippen LogP contribution in [0.2, 0.25) is 25.7 Å². The number of hydrogen-bond donors (Lipinski definition) is 1. The van der Waals surface area contributed by atoms with E-state index in [4.69, 9.17) is 0 Å².